The van der Waals surface area contributed by atoms with E-state index in [4.69, 9.17) is 0 Å². The van der Waals surface area contributed by atoms with Crippen molar-refractivity contribution in [3.05, 3.63) is 4.91 Å². The maximum Gasteiger partial charge on any atom is 0.232 e. The van der Waals surface area contributed by atoms with Gasteiger partial charge >= 0.3 is 0 Å². The zero-order valence-corrected chi connectivity index (χ0v) is 12.7. The zero-order chi connectivity index (χ0) is 15.9. The van der Waals surface area contributed by atoms with E-state index in [1.807, 2.05) is 0 Å². The van der Waals surface area contributed by atoms with Crippen LogP contribution in [0.15, 0.2) is 5.29 Å². The number of likely N-dealkylation sites (tertiary alicyclic amines) is 1. The summed E-state index contributed by atoms with van der Waals surface area (Å²) in [4.78, 5) is 46.9. The molecule has 0 spiro atoms. The van der Waals surface area contributed by atoms with E-state index in [1.165, 1.54) is 0 Å². The average Bonchev–Trinajstić information content (AvgIpc) is 3.21. The van der Waals surface area contributed by atoms with Crippen LogP contribution in [0.1, 0.15) is 44.9 Å². The van der Waals surface area contributed by atoms with Crippen molar-refractivity contribution >= 4 is 18.6 Å². The van der Waals surface area contributed by atoms with Gasteiger partial charge in [-0.15, -0.1) is 4.91 Å². The Kier molecular flexibility index (Phi) is 6.03. The van der Waals surface area contributed by atoms with Gasteiger partial charge in [0.2, 0.25) is 12.3 Å². The fourth-order valence-electron chi connectivity index (χ4n) is 3.67. The monoisotopic (exact) mass is 309 g/mol. The number of carbonyl (C=O) groups excluding carboxylic acids is 3. The molecule has 0 aromatic rings. The second kappa shape index (κ2) is 8.00. The first-order valence-corrected chi connectivity index (χ1v) is 8.00. The molecular formula is C15H23N3O4. The van der Waals surface area contributed by atoms with Crippen LogP contribution < -0.4 is 0 Å². The number of nitroso groups, excluding NO2 is 1. The molecule has 0 radical (unpaired) electrons. The van der Waals surface area contributed by atoms with Gasteiger partial charge in [0.15, 0.2) is 0 Å². The molecule has 2 amide bonds. The van der Waals surface area contributed by atoms with Crippen molar-refractivity contribution in [2.24, 2.45) is 17.1 Å². The lowest BCUT2D eigenvalue weighted by Gasteiger charge is -2.28. The summed E-state index contributed by atoms with van der Waals surface area (Å²) in [5, 5.41) is 3.38. The Bertz CT molecular complexity index is 415. The van der Waals surface area contributed by atoms with E-state index in [1.54, 1.807) is 4.90 Å². The van der Waals surface area contributed by atoms with Crippen molar-refractivity contribution in [2.45, 2.75) is 51.0 Å². The normalized spacial score (nSPS) is 23.3. The van der Waals surface area contributed by atoms with Crippen molar-refractivity contribution in [2.75, 3.05) is 13.1 Å². The molecule has 1 saturated carbocycles. The molecule has 2 unspecified atom stereocenters. The van der Waals surface area contributed by atoms with Crippen molar-refractivity contribution in [1.82, 2.24) is 9.91 Å². The Morgan fingerprint density at radius 2 is 1.95 bits per heavy atom. The second-order valence-electron chi connectivity index (χ2n) is 6.27. The molecule has 2 atom stereocenters. The third-order valence-corrected chi connectivity index (χ3v) is 4.82. The van der Waals surface area contributed by atoms with Crippen LogP contribution in [0.25, 0.3) is 0 Å². The third-order valence-electron chi connectivity index (χ3n) is 4.82. The molecule has 0 bridgehead atoms. The van der Waals surface area contributed by atoms with Crippen molar-refractivity contribution in [3.63, 3.8) is 0 Å². The maximum atomic E-state index is 12.8. The fraction of sp³-hybridized carbons (Fsp3) is 0.800. The van der Waals surface area contributed by atoms with Gasteiger partial charge in [-0.1, -0.05) is 25.7 Å². The number of nitrogens with zero attached hydrogens (tertiary/aromatic N) is 3. The van der Waals surface area contributed by atoms with E-state index in [0.717, 1.165) is 43.4 Å². The lowest BCUT2D eigenvalue weighted by molar-refractivity contribution is -0.140. The molecule has 0 N–H and O–H groups in total. The lowest BCUT2D eigenvalue weighted by Crippen LogP contribution is -2.44. The number of rotatable bonds is 8. The molecule has 2 aliphatic rings. The number of amides is 2. The van der Waals surface area contributed by atoms with Gasteiger partial charge in [0.05, 0.1) is 23.8 Å². The van der Waals surface area contributed by atoms with Gasteiger partial charge in [0.25, 0.3) is 0 Å². The standard InChI is InChI=1S/C15H23N3O4/c19-10-14-6-3-7-18(14)15(21)13(9-17(11-20)16-22)8-12-4-1-2-5-12/h10-14H,1-9H2. The van der Waals surface area contributed by atoms with E-state index >= 15 is 0 Å². The molecular weight excluding hydrogens is 286 g/mol. The Morgan fingerprint density at radius 3 is 2.55 bits per heavy atom. The summed E-state index contributed by atoms with van der Waals surface area (Å²) in [6.45, 7) is 0.573. The van der Waals surface area contributed by atoms with Crippen LogP contribution in [0.4, 0.5) is 0 Å². The summed E-state index contributed by atoms with van der Waals surface area (Å²) in [6, 6.07) is -0.368. The molecule has 0 aromatic carbocycles. The highest BCUT2D eigenvalue weighted by molar-refractivity contribution is 5.83. The van der Waals surface area contributed by atoms with E-state index in [0.29, 0.717) is 31.7 Å². The van der Waals surface area contributed by atoms with Crippen LogP contribution in [0, 0.1) is 16.7 Å². The quantitative estimate of drug-likeness (QED) is 0.386. The van der Waals surface area contributed by atoms with E-state index in [2.05, 4.69) is 5.29 Å². The van der Waals surface area contributed by atoms with Gasteiger partial charge in [0.1, 0.15) is 6.29 Å². The SMILES string of the molecule is O=CC1CCCN1C(=O)C(CC1CCCC1)CN(C=O)N=O. The van der Waals surface area contributed by atoms with Gasteiger partial charge in [-0.25, -0.2) is 0 Å². The molecule has 1 aliphatic heterocycles. The summed E-state index contributed by atoms with van der Waals surface area (Å²) in [7, 11) is 0. The number of carbonyl (C=O) groups is 3. The Labute approximate surface area is 130 Å². The molecule has 122 valence electrons. The molecule has 0 aromatic heterocycles. The van der Waals surface area contributed by atoms with Gasteiger partial charge in [-0.05, 0) is 25.2 Å². The van der Waals surface area contributed by atoms with E-state index in [9.17, 15) is 19.3 Å². The van der Waals surface area contributed by atoms with Crippen LogP contribution in [0.5, 0.6) is 0 Å². The minimum absolute atomic E-state index is 0.00438. The highest BCUT2D eigenvalue weighted by Gasteiger charge is 2.35. The molecule has 1 heterocycles. The van der Waals surface area contributed by atoms with Crippen LogP contribution in [-0.2, 0) is 14.4 Å². The van der Waals surface area contributed by atoms with Crippen molar-refractivity contribution in [3.8, 4) is 0 Å². The number of hydrogen-bond acceptors (Lipinski definition) is 5. The molecule has 2 rings (SSSR count). The summed E-state index contributed by atoms with van der Waals surface area (Å²) < 4.78 is 0. The predicted molar refractivity (Wildman–Crippen MR) is 79.4 cm³/mol. The molecule has 1 aliphatic carbocycles. The maximum absolute atomic E-state index is 12.8. The van der Waals surface area contributed by atoms with Crippen LogP contribution in [-0.4, -0.2) is 47.6 Å². The lowest BCUT2D eigenvalue weighted by atomic mass is 9.91. The van der Waals surface area contributed by atoms with Gasteiger partial charge in [0, 0.05) is 6.54 Å². The first-order chi connectivity index (χ1) is 10.7. The van der Waals surface area contributed by atoms with Gasteiger partial charge in [-0.3, -0.25) is 9.59 Å². The van der Waals surface area contributed by atoms with E-state index in [-0.39, 0.29) is 18.5 Å². The molecule has 2 fully saturated rings. The largest absolute Gasteiger partial charge is 0.333 e. The Hall–Kier alpha value is -1.79. The minimum atomic E-state index is -0.452. The van der Waals surface area contributed by atoms with Crippen LogP contribution >= 0.6 is 0 Å². The molecule has 7 heteroatoms. The van der Waals surface area contributed by atoms with Crippen molar-refractivity contribution in [1.29, 1.82) is 0 Å². The van der Waals surface area contributed by atoms with Gasteiger partial charge < -0.3 is 9.69 Å². The number of hydrogen-bond donors (Lipinski definition) is 0. The number of aldehydes is 1. The Morgan fingerprint density at radius 1 is 1.23 bits per heavy atom. The summed E-state index contributed by atoms with van der Waals surface area (Å²) >= 11 is 0. The Balaban J connectivity index is 2.07. The topological polar surface area (TPSA) is 87.1 Å². The second-order valence-corrected chi connectivity index (χ2v) is 6.27. The summed E-state index contributed by atoms with van der Waals surface area (Å²) in [5.74, 6) is -0.130. The third kappa shape index (κ3) is 3.90. The fourth-order valence-corrected chi connectivity index (χ4v) is 3.67. The summed E-state index contributed by atoms with van der Waals surface area (Å²) in [5.41, 5.74) is 0. The predicted octanol–water partition coefficient (Wildman–Crippen LogP) is 1.51. The van der Waals surface area contributed by atoms with Crippen molar-refractivity contribution < 1.29 is 14.4 Å². The van der Waals surface area contributed by atoms with Crippen LogP contribution in [0.3, 0.4) is 0 Å². The molecule has 7 nitrogen and oxygen atoms in total. The van der Waals surface area contributed by atoms with E-state index < -0.39 is 5.92 Å². The highest BCUT2D eigenvalue weighted by atomic mass is 16.3. The molecule has 22 heavy (non-hydrogen) atoms. The van der Waals surface area contributed by atoms with Gasteiger partial charge in [-0.2, -0.15) is 5.01 Å². The first-order valence-electron chi connectivity index (χ1n) is 8.00. The minimum Gasteiger partial charge on any atom is -0.333 e. The van der Waals surface area contributed by atoms with Crippen LogP contribution in [0.2, 0.25) is 0 Å². The zero-order valence-electron chi connectivity index (χ0n) is 12.7. The smallest absolute Gasteiger partial charge is 0.232 e. The average molecular weight is 309 g/mol. The highest BCUT2D eigenvalue weighted by Crippen LogP contribution is 2.32. The molecule has 1 saturated heterocycles. The first kappa shape index (κ1) is 16.6. The summed E-state index contributed by atoms with van der Waals surface area (Å²) in [6.07, 6.45) is 7.80.